The van der Waals surface area contributed by atoms with Crippen molar-refractivity contribution < 1.29 is 0 Å². The summed E-state index contributed by atoms with van der Waals surface area (Å²) in [5, 5.41) is 4.19. The number of nitrogens with zero attached hydrogens (tertiary/aromatic N) is 2. The molecule has 16 heavy (non-hydrogen) atoms. The molecule has 1 heterocycles. The first-order chi connectivity index (χ1) is 7.66. The maximum absolute atomic E-state index is 11.5. The Kier molecular flexibility index (Phi) is 2.87. The van der Waals surface area contributed by atoms with Crippen LogP contribution >= 0.6 is 0 Å². The van der Waals surface area contributed by atoms with Gasteiger partial charge in [-0.05, 0) is 6.92 Å². The number of rotatable bonds is 3. The molecule has 0 spiro atoms. The highest BCUT2D eigenvalue weighted by atomic mass is 16.1. The van der Waals surface area contributed by atoms with Crippen LogP contribution in [0.1, 0.15) is 6.92 Å². The predicted octanol–water partition coefficient (Wildman–Crippen LogP) is 0.586. The Morgan fingerprint density at radius 3 is 2.75 bits per heavy atom. The van der Waals surface area contributed by atoms with Crippen molar-refractivity contribution in [2.75, 3.05) is 0 Å². The molecule has 1 atom stereocenters. The number of hydrogen-bond donors (Lipinski definition) is 2. The van der Waals surface area contributed by atoms with Crippen molar-refractivity contribution in [2.24, 2.45) is 5.73 Å². The number of benzene rings is 1. The Bertz CT molecular complexity index is 512. The third kappa shape index (κ3) is 2.20. The van der Waals surface area contributed by atoms with E-state index in [0.717, 1.165) is 5.56 Å². The molecular formula is C11H14N4O. The first-order valence-corrected chi connectivity index (χ1v) is 5.15. The molecule has 0 fully saturated rings. The SMILES string of the molecule is CC(N)Cn1nc(-c2ccccc2)[nH]c1=O. The molecule has 0 bridgehead atoms. The fourth-order valence-electron chi connectivity index (χ4n) is 1.48. The summed E-state index contributed by atoms with van der Waals surface area (Å²) in [6.07, 6.45) is 0. The second-order valence-electron chi connectivity index (χ2n) is 3.80. The van der Waals surface area contributed by atoms with Crippen LogP contribution in [-0.4, -0.2) is 20.8 Å². The van der Waals surface area contributed by atoms with Crippen LogP contribution in [-0.2, 0) is 6.54 Å². The van der Waals surface area contributed by atoms with Crippen LogP contribution in [0.3, 0.4) is 0 Å². The lowest BCUT2D eigenvalue weighted by Gasteiger charge is -2.02. The average molecular weight is 218 g/mol. The van der Waals surface area contributed by atoms with Gasteiger partial charge < -0.3 is 5.73 Å². The Morgan fingerprint density at radius 2 is 2.12 bits per heavy atom. The number of H-pyrrole nitrogens is 1. The van der Waals surface area contributed by atoms with E-state index >= 15 is 0 Å². The van der Waals surface area contributed by atoms with Gasteiger partial charge in [0.05, 0.1) is 6.54 Å². The summed E-state index contributed by atoms with van der Waals surface area (Å²) >= 11 is 0. The lowest BCUT2D eigenvalue weighted by Crippen LogP contribution is -2.29. The van der Waals surface area contributed by atoms with Crippen LogP contribution in [0.5, 0.6) is 0 Å². The van der Waals surface area contributed by atoms with Crippen LogP contribution in [0.15, 0.2) is 35.1 Å². The Balaban J connectivity index is 2.35. The largest absolute Gasteiger partial charge is 0.343 e. The van der Waals surface area contributed by atoms with Crippen molar-refractivity contribution in [1.82, 2.24) is 14.8 Å². The minimum atomic E-state index is -0.226. The first-order valence-electron chi connectivity index (χ1n) is 5.15. The first kappa shape index (κ1) is 10.6. The standard InChI is InChI=1S/C11H14N4O/c1-8(12)7-15-11(16)13-10(14-15)9-5-3-2-4-6-9/h2-6,8H,7,12H2,1H3,(H,13,14,16). The lowest BCUT2D eigenvalue weighted by molar-refractivity contribution is 0.524. The minimum Gasteiger partial charge on any atom is -0.326 e. The highest BCUT2D eigenvalue weighted by molar-refractivity contribution is 5.53. The Morgan fingerprint density at radius 1 is 1.44 bits per heavy atom. The smallest absolute Gasteiger partial charge is 0.326 e. The third-order valence-electron chi connectivity index (χ3n) is 2.19. The van der Waals surface area contributed by atoms with E-state index in [1.54, 1.807) is 0 Å². The van der Waals surface area contributed by atoms with E-state index in [0.29, 0.717) is 12.4 Å². The van der Waals surface area contributed by atoms with Gasteiger partial charge in [0.15, 0.2) is 5.82 Å². The van der Waals surface area contributed by atoms with Crippen LogP contribution < -0.4 is 11.4 Å². The number of aromatic nitrogens is 3. The maximum atomic E-state index is 11.5. The molecule has 5 heteroatoms. The zero-order valence-corrected chi connectivity index (χ0v) is 9.05. The molecule has 2 aromatic rings. The number of nitrogens with one attached hydrogen (secondary N) is 1. The number of nitrogens with two attached hydrogens (primary N) is 1. The summed E-state index contributed by atoms with van der Waals surface area (Å²) in [5.74, 6) is 0.575. The van der Waals surface area contributed by atoms with Gasteiger partial charge in [0.1, 0.15) is 0 Å². The highest BCUT2D eigenvalue weighted by Crippen LogP contribution is 2.11. The molecule has 84 valence electrons. The monoisotopic (exact) mass is 218 g/mol. The predicted molar refractivity (Wildman–Crippen MR) is 61.9 cm³/mol. The third-order valence-corrected chi connectivity index (χ3v) is 2.19. The summed E-state index contributed by atoms with van der Waals surface area (Å²) in [6.45, 7) is 2.26. The van der Waals surface area contributed by atoms with Crippen LogP contribution in [0, 0.1) is 0 Å². The topological polar surface area (TPSA) is 76.7 Å². The molecule has 1 aromatic carbocycles. The fraction of sp³-hybridized carbons (Fsp3) is 0.273. The van der Waals surface area contributed by atoms with E-state index in [1.807, 2.05) is 37.3 Å². The van der Waals surface area contributed by atoms with Crippen LogP contribution in [0.25, 0.3) is 11.4 Å². The quantitative estimate of drug-likeness (QED) is 0.791. The zero-order valence-electron chi connectivity index (χ0n) is 9.05. The van der Waals surface area contributed by atoms with Gasteiger partial charge >= 0.3 is 5.69 Å². The van der Waals surface area contributed by atoms with E-state index in [-0.39, 0.29) is 11.7 Å². The van der Waals surface area contributed by atoms with Crippen molar-refractivity contribution in [3.05, 3.63) is 40.8 Å². The average Bonchev–Trinajstić information content (AvgIpc) is 2.61. The maximum Gasteiger partial charge on any atom is 0.343 e. The zero-order chi connectivity index (χ0) is 11.5. The van der Waals surface area contributed by atoms with Gasteiger partial charge in [0.25, 0.3) is 0 Å². The van der Waals surface area contributed by atoms with E-state index < -0.39 is 0 Å². The van der Waals surface area contributed by atoms with Gasteiger partial charge in [-0.1, -0.05) is 30.3 Å². The molecule has 0 aliphatic heterocycles. The van der Waals surface area contributed by atoms with Gasteiger partial charge in [-0.2, -0.15) is 0 Å². The molecule has 0 amide bonds. The molecule has 0 radical (unpaired) electrons. The molecular weight excluding hydrogens is 204 g/mol. The molecule has 0 saturated heterocycles. The molecule has 1 unspecified atom stereocenters. The Labute approximate surface area is 92.9 Å². The highest BCUT2D eigenvalue weighted by Gasteiger charge is 2.07. The lowest BCUT2D eigenvalue weighted by atomic mass is 10.2. The molecule has 0 aliphatic carbocycles. The molecule has 0 saturated carbocycles. The van der Waals surface area contributed by atoms with E-state index in [9.17, 15) is 4.79 Å². The second kappa shape index (κ2) is 4.32. The Hall–Kier alpha value is -1.88. The summed E-state index contributed by atoms with van der Waals surface area (Å²) in [4.78, 5) is 14.2. The van der Waals surface area contributed by atoms with Crippen molar-refractivity contribution in [2.45, 2.75) is 19.5 Å². The van der Waals surface area contributed by atoms with Crippen LogP contribution in [0.2, 0.25) is 0 Å². The van der Waals surface area contributed by atoms with Gasteiger partial charge in [-0.15, -0.1) is 5.10 Å². The van der Waals surface area contributed by atoms with E-state index in [1.165, 1.54) is 4.68 Å². The van der Waals surface area contributed by atoms with Gasteiger partial charge in [0, 0.05) is 11.6 Å². The van der Waals surface area contributed by atoms with Crippen molar-refractivity contribution in [3.63, 3.8) is 0 Å². The molecule has 0 aliphatic rings. The molecule has 3 N–H and O–H groups in total. The summed E-state index contributed by atoms with van der Waals surface area (Å²) in [6, 6.07) is 9.42. The molecule has 1 aromatic heterocycles. The second-order valence-corrected chi connectivity index (χ2v) is 3.80. The minimum absolute atomic E-state index is 0.0929. The van der Waals surface area contributed by atoms with E-state index in [4.69, 9.17) is 5.73 Å². The van der Waals surface area contributed by atoms with Gasteiger partial charge in [0.2, 0.25) is 0 Å². The van der Waals surface area contributed by atoms with Crippen LogP contribution in [0.4, 0.5) is 0 Å². The van der Waals surface area contributed by atoms with Crippen molar-refractivity contribution >= 4 is 0 Å². The normalized spacial score (nSPS) is 12.6. The van der Waals surface area contributed by atoms with Gasteiger partial charge in [-0.3, -0.25) is 4.98 Å². The molecule has 5 nitrogen and oxygen atoms in total. The summed E-state index contributed by atoms with van der Waals surface area (Å²) < 4.78 is 1.35. The number of hydrogen-bond acceptors (Lipinski definition) is 3. The van der Waals surface area contributed by atoms with Crippen molar-refractivity contribution in [1.29, 1.82) is 0 Å². The summed E-state index contributed by atoms with van der Waals surface area (Å²) in [5.41, 5.74) is 6.29. The van der Waals surface area contributed by atoms with Gasteiger partial charge in [-0.25, -0.2) is 9.48 Å². The number of aromatic amines is 1. The fourth-order valence-corrected chi connectivity index (χ4v) is 1.48. The molecule has 2 rings (SSSR count). The summed E-state index contributed by atoms with van der Waals surface area (Å²) in [7, 11) is 0. The van der Waals surface area contributed by atoms with E-state index in [2.05, 4.69) is 10.1 Å². The van der Waals surface area contributed by atoms with Crippen molar-refractivity contribution in [3.8, 4) is 11.4 Å².